The summed E-state index contributed by atoms with van der Waals surface area (Å²) in [4.78, 5) is 24.4. The monoisotopic (exact) mass is 349 g/mol. The first kappa shape index (κ1) is 19.0. The standard InChI is InChI=1S/C19H24FNO4/c1-5-25-15(22)9-7-12-6-8-14-13(16(12)20)10-11-21(18(23)24)17(14)19(2,3)4/h6-9,17H,5,10-11H2,1-4H3,(H,23,24). The van der Waals surface area contributed by atoms with Crippen molar-refractivity contribution in [3.05, 3.63) is 40.7 Å². The molecule has 25 heavy (non-hydrogen) atoms. The number of fused-ring (bicyclic) bond motifs is 1. The zero-order chi connectivity index (χ0) is 18.8. The maximum Gasteiger partial charge on any atom is 0.407 e. The van der Waals surface area contributed by atoms with Crippen molar-refractivity contribution in [2.45, 2.75) is 40.2 Å². The van der Waals surface area contributed by atoms with E-state index in [-0.39, 0.29) is 18.6 Å². The van der Waals surface area contributed by atoms with Gasteiger partial charge in [0.15, 0.2) is 0 Å². The lowest BCUT2D eigenvalue weighted by Crippen LogP contribution is -2.45. The molecule has 1 heterocycles. The van der Waals surface area contributed by atoms with Gasteiger partial charge in [-0.05, 0) is 36.0 Å². The van der Waals surface area contributed by atoms with Crippen molar-refractivity contribution in [2.24, 2.45) is 5.41 Å². The SMILES string of the molecule is CCOC(=O)C=Cc1ccc2c(c1F)CCN(C(=O)O)C2C(C)(C)C. The van der Waals surface area contributed by atoms with Gasteiger partial charge in [-0.1, -0.05) is 32.9 Å². The molecule has 6 heteroatoms. The van der Waals surface area contributed by atoms with E-state index in [1.165, 1.54) is 17.1 Å². The van der Waals surface area contributed by atoms with Gasteiger partial charge < -0.3 is 14.7 Å². The Morgan fingerprint density at radius 3 is 2.64 bits per heavy atom. The summed E-state index contributed by atoms with van der Waals surface area (Å²) in [6.45, 7) is 8.02. The molecular weight excluding hydrogens is 325 g/mol. The average Bonchev–Trinajstić information content (AvgIpc) is 2.52. The predicted molar refractivity (Wildman–Crippen MR) is 92.7 cm³/mol. The number of amides is 1. The summed E-state index contributed by atoms with van der Waals surface area (Å²) in [5.74, 6) is -0.929. The first-order valence-electron chi connectivity index (χ1n) is 8.32. The van der Waals surface area contributed by atoms with Crippen molar-refractivity contribution in [1.82, 2.24) is 4.90 Å². The van der Waals surface area contributed by atoms with Crippen LogP contribution in [0.15, 0.2) is 18.2 Å². The number of esters is 1. The second kappa shape index (κ2) is 7.25. The summed E-state index contributed by atoms with van der Waals surface area (Å²) in [5, 5.41) is 9.49. The van der Waals surface area contributed by atoms with Crippen LogP contribution in [0.1, 0.15) is 50.4 Å². The van der Waals surface area contributed by atoms with Gasteiger partial charge in [0.25, 0.3) is 0 Å². The normalized spacial score (nSPS) is 17.5. The molecule has 1 aromatic carbocycles. The van der Waals surface area contributed by atoms with E-state index in [1.54, 1.807) is 19.1 Å². The third kappa shape index (κ3) is 4.00. The Hall–Kier alpha value is -2.37. The molecule has 1 aliphatic rings. The molecule has 0 bridgehead atoms. The summed E-state index contributed by atoms with van der Waals surface area (Å²) in [6, 6.07) is 2.91. The van der Waals surface area contributed by atoms with Gasteiger partial charge in [-0.25, -0.2) is 14.0 Å². The van der Waals surface area contributed by atoms with Crippen LogP contribution < -0.4 is 0 Å². The van der Waals surface area contributed by atoms with Crippen LogP contribution >= 0.6 is 0 Å². The first-order chi connectivity index (χ1) is 11.7. The number of carbonyl (C=O) groups is 2. The van der Waals surface area contributed by atoms with Crippen molar-refractivity contribution in [1.29, 1.82) is 0 Å². The van der Waals surface area contributed by atoms with Gasteiger partial charge in [-0.3, -0.25) is 0 Å². The molecular formula is C19H24FNO4. The molecule has 1 atom stereocenters. The quantitative estimate of drug-likeness (QED) is 0.661. The molecule has 0 fully saturated rings. The van der Waals surface area contributed by atoms with E-state index < -0.39 is 23.9 Å². The molecule has 0 saturated carbocycles. The fourth-order valence-electron chi connectivity index (χ4n) is 3.31. The highest BCUT2D eigenvalue weighted by molar-refractivity contribution is 5.87. The Morgan fingerprint density at radius 2 is 2.08 bits per heavy atom. The van der Waals surface area contributed by atoms with Crippen LogP contribution in [-0.2, 0) is 16.0 Å². The van der Waals surface area contributed by atoms with Crippen molar-refractivity contribution < 1.29 is 23.8 Å². The maximum atomic E-state index is 14.9. The minimum absolute atomic E-state index is 0.242. The van der Waals surface area contributed by atoms with Crippen LogP contribution in [0.3, 0.4) is 0 Å². The van der Waals surface area contributed by atoms with Crippen LogP contribution in [0, 0.1) is 11.2 Å². The largest absolute Gasteiger partial charge is 0.465 e. The minimum atomic E-state index is -1.00. The molecule has 0 aromatic heterocycles. The number of hydrogen-bond acceptors (Lipinski definition) is 3. The molecule has 1 unspecified atom stereocenters. The molecule has 2 rings (SSSR count). The summed E-state index contributed by atoms with van der Waals surface area (Å²) in [5.41, 5.74) is 1.13. The summed E-state index contributed by atoms with van der Waals surface area (Å²) >= 11 is 0. The maximum absolute atomic E-state index is 14.9. The second-order valence-corrected chi connectivity index (χ2v) is 7.12. The number of nitrogens with zero attached hydrogens (tertiary/aromatic N) is 1. The Bertz CT molecular complexity index is 706. The molecule has 1 aliphatic heterocycles. The topological polar surface area (TPSA) is 66.8 Å². The average molecular weight is 349 g/mol. The van der Waals surface area contributed by atoms with Crippen LogP contribution in [-0.4, -0.2) is 35.2 Å². The van der Waals surface area contributed by atoms with Gasteiger partial charge in [-0.15, -0.1) is 0 Å². The van der Waals surface area contributed by atoms with Gasteiger partial charge in [0, 0.05) is 18.2 Å². The van der Waals surface area contributed by atoms with Gasteiger partial charge in [0.1, 0.15) is 5.82 Å². The van der Waals surface area contributed by atoms with E-state index in [2.05, 4.69) is 0 Å². The Kier molecular flexibility index (Phi) is 5.50. The van der Waals surface area contributed by atoms with Crippen LogP contribution in [0.25, 0.3) is 6.08 Å². The van der Waals surface area contributed by atoms with E-state index >= 15 is 0 Å². The van der Waals surface area contributed by atoms with Gasteiger partial charge in [-0.2, -0.15) is 0 Å². The van der Waals surface area contributed by atoms with E-state index in [9.17, 15) is 19.1 Å². The van der Waals surface area contributed by atoms with E-state index in [4.69, 9.17) is 4.74 Å². The molecule has 0 saturated heterocycles. The molecule has 0 spiro atoms. The van der Waals surface area contributed by atoms with Gasteiger partial charge >= 0.3 is 12.1 Å². The summed E-state index contributed by atoms with van der Waals surface area (Å²) < 4.78 is 19.7. The summed E-state index contributed by atoms with van der Waals surface area (Å²) in [7, 11) is 0. The fraction of sp³-hybridized carbons (Fsp3) is 0.474. The van der Waals surface area contributed by atoms with E-state index in [0.717, 1.165) is 0 Å². The lowest BCUT2D eigenvalue weighted by molar-refractivity contribution is -0.137. The predicted octanol–water partition coefficient (Wildman–Crippen LogP) is 4.03. The zero-order valence-electron chi connectivity index (χ0n) is 15.0. The van der Waals surface area contributed by atoms with E-state index in [1.807, 2.05) is 20.8 Å². The smallest absolute Gasteiger partial charge is 0.407 e. The lowest BCUT2D eigenvalue weighted by Gasteiger charge is -2.43. The number of halogens is 1. The number of benzene rings is 1. The van der Waals surface area contributed by atoms with Crippen molar-refractivity contribution >= 4 is 18.1 Å². The molecule has 1 amide bonds. The van der Waals surface area contributed by atoms with E-state index in [0.29, 0.717) is 23.1 Å². The van der Waals surface area contributed by atoms with Crippen LogP contribution in [0.4, 0.5) is 9.18 Å². The highest BCUT2D eigenvalue weighted by Crippen LogP contribution is 2.43. The lowest BCUT2D eigenvalue weighted by atomic mass is 9.76. The molecule has 0 radical (unpaired) electrons. The van der Waals surface area contributed by atoms with Crippen LogP contribution in [0.5, 0.6) is 0 Å². The summed E-state index contributed by atoms with van der Waals surface area (Å²) in [6.07, 6.45) is 1.89. The first-order valence-corrected chi connectivity index (χ1v) is 8.32. The molecule has 0 aliphatic carbocycles. The Balaban J connectivity index is 2.44. The molecule has 136 valence electrons. The third-order valence-electron chi connectivity index (χ3n) is 4.27. The fourth-order valence-corrected chi connectivity index (χ4v) is 3.31. The highest BCUT2D eigenvalue weighted by Gasteiger charge is 2.39. The number of hydrogen-bond donors (Lipinski definition) is 1. The third-order valence-corrected chi connectivity index (χ3v) is 4.27. The molecule has 1 aromatic rings. The highest BCUT2D eigenvalue weighted by atomic mass is 19.1. The van der Waals surface area contributed by atoms with Crippen molar-refractivity contribution in [3.63, 3.8) is 0 Å². The number of carboxylic acid groups (broad SMARTS) is 1. The zero-order valence-corrected chi connectivity index (χ0v) is 15.0. The molecule has 1 N–H and O–H groups in total. The van der Waals surface area contributed by atoms with Crippen molar-refractivity contribution in [3.8, 4) is 0 Å². The molecule has 5 nitrogen and oxygen atoms in total. The Labute approximate surface area is 147 Å². The van der Waals surface area contributed by atoms with Gasteiger partial charge in [0.2, 0.25) is 0 Å². The number of carbonyl (C=O) groups excluding carboxylic acids is 1. The van der Waals surface area contributed by atoms with Gasteiger partial charge in [0.05, 0.1) is 12.6 Å². The van der Waals surface area contributed by atoms with Crippen molar-refractivity contribution in [2.75, 3.05) is 13.2 Å². The second-order valence-electron chi connectivity index (χ2n) is 7.12. The number of ether oxygens (including phenoxy) is 1. The Morgan fingerprint density at radius 1 is 1.40 bits per heavy atom. The number of rotatable bonds is 3. The van der Waals surface area contributed by atoms with Crippen LogP contribution in [0.2, 0.25) is 0 Å². The minimum Gasteiger partial charge on any atom is -0.465 e.